The molecule has 0 unspecified atom stereocenters. The molecular formula is C19H17NO3S2. The van der Waals surface area contributed by atoms with Gasteiger partial charge in [-0.05, 0) is 60.2 Å². The third-order valence-electron chi connectivity index (χ3n) is 3.89. The summed E-state index contributed by atoms with van der Waals surface area (Å²) in [6.45, 7) is 3.65. The predicted molar refractivity (Wildman–Crippen MR) is 103 cm³/mol. The van der Waals surface area contributed by atoms with Gasteiger partial charge in [0.15, 0.2) is 5.78 Å². The van der Waals surface area contributed by atoms with Crippen molar-refractivity contribution in [1.29, 1.82) is 0 Å². The van der Waals surface area contributed by atoms with Gasteiger partial charge in [-0.25, -0.2) is 0 Å². The van der Waals surface area contributed by atoms with E-state index in [0.717, 1.165) is 16.7 Å². The van der Waals surface area contributed by atoms with Gasteiger partial charge in [0.1, 0.15) is 10.4 Å². The normalized spacial score (nSPS) is 12.8. The second-order valence-electron chi connectivity index (χ2n) is 5.80. The van der Waals surface area contributed by atoms with E-state index in [4.69, 9.17) is 0 Å². The van der Waals surface area contributed by atoms with Gasteiger partial charge in [-0.1, -0.05) is 6.07 Å². The van der Waals surface area contributed by atoms with Crippen molar-refractivity contribution in [2.45, 2.75) is 13.8 Å². The Labute approximate surface area is 152 Å². The Morgan fingerprint density at radius 2 is 1.92 bits per heavy atom. The molecule has 0 aliphatic heterocycles. The molecule has 0 amide bonds. The molecule has 0 atom stereocenters. The van der Waals surface area contributed by atoms with Crippen molar-refractivity contribution in [2.24, 2.45) is 7.05 Å². The molecule has 1 N–H and O–H groups in total. The number of Topliss-reactive ketones (excluding diaryl/α,β-unsaturated/α-hetero) is 1. The molecule has 2 heterocycles. The van der Waals surface area contributed by atoms with Crippen molar-refractivity contribution in [3.63, 3.8) is 0 Å². The number of rotatable bonds is 3. The van der Waals surface area contributed by atoms with Crippen LogP contribution in [0.2, 0.25) is 0 Å². The van der Waals surface area contributed by atoms with Crippen molar-refractivity contribution in [3.05, 3.63) is 70.8 Å². The summed E-state index contributed by atoms with van der Waals surface area (Å²) >= 11 is 2.66. The van der Waals surface area contributed by atoms with Gasteiger partial charge in [0, 0.05) is 13.1 Å². The molecule has 25 heavy (non-hydrogen) atoms. The smallest absolute Gasteiger partial charge is 0.268 e. The molecule has 0 spiro atoms. The number of phenolic OH excluding ortho intramolecular Hbond substituents is 1. The Kier molecular flexibility index (Phi) is 4.74. The SMILES string of the molecule is Cc1cc(/C=c2\s/c(=C\C(=O)c3cccs3)n(C)c2=O)cc(C)c1O. The van der Waals surface area contributed by atoms with E-state index in [2.05, 4.69) is 0 Å². The lowest BCUT2D eigenvalue weighted by Crippen LogP contribution is -2.29. The fourth-order valence-electron chi connectivity index (χ4n) is 2.53. The fraction of sp³-hybridized carbons (Fsp3) is 0.158. The summed E-state index contributed by atoms with van der Waals surface area (Å²) in [5.41, 5.74) is 2.24. The van der Waals surface area contributed by atoms with E-state index in [1.54, 1.807) is 19.2 Å². The van der Waals surface area contributed by atoms with E-state index in [1.807, 2.05) is 37.4 Å². The quantitative estimate of drug-likeness (QED) is 0.719. The van der Waals surface area contributed by atoms with Crippen LogP contribution in [0.5, 0.6) is 5.75 Å². The summed E-state index contributed by atoms with van der Waals surface area (Å²) < 4.78 is 2.65. The zero-order valence-corrected chi connectivity index (χ0v) is 15.7. The highest BCUT2D eigenvalue weighted by molar-refractivity contribution is 7.12. The molecule has 0 saturated carbocycles. The van der Waals surface area contributed by atoms with E-state index in [1.165, 1.54) is 33.3 Å². The highest BCUT2D eigenvalue weighted by Crippen LogP contribution is 2.23. The average molecular weight is 371 g/mol. The van der Waals surface area contributed by atoms with Gasteiger partial charge < -0.3 is 9.67 Å². The van der Waals surface area contributed by atoms with Gasteiger partial charge in [-0.15, -0.1) is 22.7 Å². The van der Waals surface area contributed by atoms with Crippen molar-refractivity contribution in [2.75, 3.05) is 0 Å². The number of phenols is 1. The number of thiazole rings is 1. The minimum absolute atomic E-state index is 0.102. The maximum atomic E-state index is 12.5. The Morgan fingerprint density at radius 1 is 1.24 bits per heavy atom. The standard InChI is InChI=1S/C19H17NO3S2/c1-11-7-13(8-12(2)18(11)22)9-16-19(23)20(3)17(25-16)10-14(21)15-5-4-6-24-15/h4-10,22H,1-3H3/b16-9-,17-10-. The Balaban J connectivity index is 2.11. The van der Waals surface area contributed by atoms with Crippen LogP contribution >= 0.6 is 22.7 Å². The van der Waals surface area contributed by atoms with Gasteiger partial charge in [0.2, 0.25) is 0 Å². The summed E-state index contributed by atoms with van der Waals surface area (Å²) in [6.07, 6.45) is 3.29. The molecule has 3 rings (SSSR count). The third kappa shape index (κ3) is 3.50. The van der Waals surface area contributed by atoms with E-state index in [9.17, 15) is 14.7 Å². The second-order valence-corrected chi connectivity index (χ2v) is 7.81. The van der Waals surface area contributed by atoms with Crippen LogP contribution in [0.25, 0.3) is 12.2 Å². The number of hydrogen-bond acceptors (Lipinski definition) is 5. The molecule has 0 aliphatic rings. The first-order valence-corrected chi connectivity index (χ1v) is 9.34. The number of nitrogens with zero attached hydrogens (tertiary/aromatic N) is 1. The predicted octanol–water partition coefficient (Wildman–Crippen LogP) is 2.32. The highest BCUT2D eigenvalue weighted by atomic mass is 32.1. The molecule has 0 saturated heterocycles. The van der Waals surface area contributed by atoms with Crippen molar-refractivity contribution < 1.29 is 9.90 Å². The molecule has 3 aromatic rings. The summed E-state index contributed by atoms with van der Waals surface area (Å²) in [4.78, 5) is 25.4. The first-order valence-electron chi connectivity index (χ1n) is 7.64. The number of benzene rings is 1. The van der Waals surface area contributed by atoms with Crippen LogP contribution in [0.15, 0.2) is 34.4 Å². The van der Waals surface area contributed by atoms with Crippen LogP contribution in [0.1, 0.15) is 26.4 Å². The number of carbonyl (C=O) groups excluding carboxylic acids is 1. The molecule has 0 fully saturated rings. The van der Waals surface area contributed by atoms with Crippen LogP contribution in [0.4, 0.5) is 0 Å². The zero-order chi connectivity index (χ0) is 18.1. The van der Waals surface area contributed by atoms with Crippen LogP contribution in [-0.4, -0.2) is 15.5 Å². The monoisotopic (exact) mass is 371 g/mol. The van der Waals surface area contributed by atoms with Crippen LogP contribution in [0, 0.1) is 13.8 Å². The van der Waals surface area contributed by atoms with Gasteiger partial charge in [-0.3, -0.25) is 9.59 Å². The Hall–Kier alpha value is -2.44. The molecule has 0 aliphatic carbocycles. The number of hydrogen-bond donors (Lipinski definition) is 1. The maximum absolute atomic E-state index is 12.5. The molecule has 0 radical (unpaired) electrons. The molecule has 2 aromatic heterocycles. The lowest BCUT2D eigenvalue weighted by molar-refractivity contribution is 0.106. The molecule has 4 nitrogen and oxygen atoms in total. The fourth-order valence-corrected chi connectivity index (χ4v) is 4.20. The lowest BCUT2D eigenvalue weighted by atomic mass is 10.1. The van der Waals surface area contributed by atoms with Crippen molar-refractivity contribution in [1.82, 2.24) is 4.57 Å². The van der Waals surface area contributed by atoms with Crippen molar-refractivity contribution in [3.8, 4) is 5.75 Å². The molecule has 0 bridgehead atoms. The number of aromatic hydroxyl groups is 1. The van der Waals surface area contributed by atoms with Crippen LogP contribution in [-0.2, 0) is 7.05 Å². The third-order valence-corrected chi connectivity index (χ3v) is 5.89. The minimum Gasteiger partial charge on any atom is -0.507 e. The molecular weight excluding hydrogens is 354 g/mol. The van der Waals surface area contributed by atoms with Crippen LogP contribution < -0.4 is 14.8 Å². The summed E-state index contributed by atoms with van der Waals surface area (Å²) in [6, 6.07) is 7.27. The zero-order valence-electron chi connectivity index (χ0n) is 14.1. The first-order chi connectivity index (χ1) is 11.9. The Morgan fingerprint density at radius 3 is 2.52 bits per heavy atom. The van der Waals surface area contributed by atoms with Gasteiger partial charge in [-0.2, -0.15) is 0 Å². The second kappa shape index (κ2) is 6.82. The number of thiophene rings is 1. The van der Waals surface area contributed by atoms with Gasteiger partial charge in [0.25, 0.3) is 5.56 Å². The first kappa shape index (κ1) is 17.4. The molecule has 6 heteroatoms. The number of carbonyl (C=O) groups is 1. The average Bonchev–Trinajstić information content (AvgIpc) is 3.18. The van der Waals surface area contributed by atoms with E-state index in [0.29, 0.717) is 14.1 Å². The number of aryl methyl sites for hydroxylation is 2. The number of ketones is 1. The lowest BCUT2D eigenvalue weighted by Gasteiger charge is -2.04. The van der Waals surface area contributed by atoms with Gasteiger partial charge in [0.05, 0.1) is 9.41 Å². The topological polar surface area (TPSA) is 59.3 Å². The molecule has 1 aromatic carbocycles. The van der Waals surface area contributed by atoms with Crippen LogP contribution in [0.3, 0.4) is 0 Å². The maximum Gasteiger partial charge on any atom is 0.268 e. The Bertz CT molecular complexity index is 1100. The van der Waals surface area contributed by atoms with Crippen molar-refractivity contribution >= 4 is 40.6 Å². The summed E-state index contributed by atoms with van der Waals surface area (Å²) in [5.74, 6) is 0.168. The summed E-state index contributed by atoms with van der Waals surface area (Å²) in [7, 11) is 1.66. The van der Waals surface area contributed by atoms with E-state index >= 15 is 0 Å². The van der Waals surface area contributed by atoms with E-state index in [-0.39, 0.29) is 17.1 Å². The van der Waals surface area contributed by atoms with E-state index < -0.39 is 0 Å². The largest absolute Gasteiger partial charge is 0.507 e. The summed E-state index contributed by atoms with van der Waals surface area (Å²) in [5, 5.41) is 11.7. The minimum atomic E-state index is -0.140. The molecule has 128 valence electrons. The number of aromatic nitrogens is 1. The van der Waals surface area contributed by atoms with Gasteiger partial charge >= 0.3 is 0 Å². The highest BCUT2D eigenvalue weighted by Gasteiger charge is 2.07.